The van der Waals surface area contributed by atoms with Crippen molar-refractivity contribution >= 4 is 48.2 Å². The molecule has 0 aliphatic carbocycles. The molecule has 3 heterocycles. The second-order valence-corrected chi connectivity index (χ2v) is 15.2. The van der Waals surface area contributed by atoms with Gasteiger partial charge < -0.3 is 9.52 Å². The number of benzene rings is 2. The van der Waals surface area contributed by atoms with Crippen LogP contribution in [0.4, 0.5) is 0 Å². The normalized spacial score (nSPS) is 12.3. The van der Waals surface area contributed by atoms with Crippen LogP contribution in [0.1, 0.15) is 99.3 Å². The molecule has 0 spiro atoms. The predicted molar refractivity (Wildman–Crippen MR) is 203 cm³/mol. The maximum atomic E-state index is 12.2. The summed E-state index contributed by atoms with van der Waals surface area (Å²) in [4.78, 5) is 22.4. The van der Waals surface area contributed by atoms with Gasteiger partial charge in [0.15, 0.2) is 5.78 Å². The van der Waals surface area contributed by atoms with Crippen molar-refractivity contribution in [2.45, 2.75) is 100 Å². The Morgan fingerprint density at radius 2 is 1.53 bits per heavy atom. The molecule has 0 aliphatic rings. The van der Waals surface area contributed by atoms with Gasteiger partial charge in [-0.2, -0.15) is 0 Å². The van der Waals surface area contributed by atoms with E-state index in [4.69, 9.17) is 9.40 Å². The van der Waals surface area contributed by atoms with Crippen molar-refractivity contribution in [2.24, 2.45) is 10.8 Å². The molecule has 5 nitrogen and oxygen atoms in total. The number of aliphatic hydroxyl groups excluding tert-OH is 1. The van der Waals surface area contributed by atoms with Gasteiger partial charge in [0.1, 0.15) is 22.7 Å². The number of ketones is 1. The monoisotopic (exact) mass is 856 g/mol. The van der Waals surface area contributed by atoms with Gasteiger partial charge in [0.25, 0.3) is 0 Å². The van der Waals surface area contributed by atoms with Crippen molar-refractivity contribution in [2.75, 3.05) is 0 Å². The van der Waals surface area contributed by atoms with E-state index in [1.165, 1.54) is 17.0 Å². The Morgan fingerprint density at radius 1 is 0.878 bits per heavy atom. The first-order chi connectivity index (χ1) is 22.7. The molecule has 0 amide bonds. The number of rotatable bonds is 8. The Bertz CT molecular complexity index is 1990. The Hall–Kier alpha value is -3.38. The van der Waals surface area contributed by atoms with Crippen LogP contribution in [-0.2, 0) is 30.3 Å². The number of aliphatic hydroxyl groups is 1. The number of thiophene rings is 1. The van der Waals surface area contributed by atoms with E-state index in [1.807, 2.05) is 66.7 Å². The van der Waals surface area contributed by atoms with Gasteiger partial charge in [0, 0.05) is 52.8 Å². The van der Waals surface area contributed by atoms with Crippen LogP contribution in [0.2, 0.25) is 0 Å². The van der Waals surface area contributed by atoms with Crippen molar-refractivity contribution < 1.29 is 34.4 Å². The number of nitrogens with zero attached hydrogens (tertiary/aromatic N) is 2. The largest absolute Gasteiger partial charge is 0.512 e. The van der Waals surface area contributed by atoms with Gasteiger partial charge in [-0.3, -0.25) is 9.78 Å². The van der Waals surface area contributed by atoms with Gasteiger partial charge in [0.05, 0.1) is 6.26 Å². The molecule has 7 heteroatoms. The van der Waals surface area contributed by atoms with Crippen molar-refractivity contribution in [3.8, 4) is 11.3 Å². The quantitative estimate of drug-likeness (QED) is 0.0956. The van der Waals surface area contributed by atoms with Gasteiger partial charge in [-0.25, -0.2) is 4.98 Å². The fraction of sp³-hybridized carbons (Fsp3) is 0.405. The summed E-state index contributed by atoms with van der Waals surface area (Å²) in [6, 6.07) is 22.4. The molecule has 3 aromatic heterocycles. The number of fused-ring (bicyclic) bond motifs is 4. The molecule has 0 saturated heterocycles. The van der Waals surface area contributed by atoms with Crippen LogP contribution in [0, 0.1) is 23.8 Å². The summed E-state index contributed by atoms with van der Waals surface area (Å²) in [6.07, 6.45) is 8.15. The topological polar surface area (TPSA) is 76.2 Å². The molecule has 0 atom stereocenters. The third-order valence-corrected chi connectivity index (χ3v) is 11.1. The minimum atomic E-state index is -0.337. The Morgan fingerprint density at radius 3 is 2.16 bits per heavy atom. The molecule has 5 rings (SSSR count). The number of carbonyl (C=O) groups excluding carboxylic acids is 1. The van der Waals surface area contributed by atoms with Crippen LogP contribution >= 0.6 is 11.3 Å². The molecule has 0 saturated carbocycles. The third-order valence-electron chi connectivity index (χ3n) is 10.1. The number of allylic oxidation sites excluding steroid dienone is 2. The summed E-state index contributed by atoms with van der Waals surface area (Å²) in [5.41, 5.74) is 2.58. The van der Waals surface area contributed by atoms with Crippen molar-refractivity contribution in [3.05, 3.63) is 96.4 Å². The Kier molecular flexibility index (Phi) is 13.5. The summed E-state index contributed by atoms with van der Waals surface area (Å²) in [7, 11) is 0. The molecule has 263 valence electrons. The molecule has 0 bridgehead atoms. The van der Waals surface area contributed by atoms with Crippen LogP contribution in [-0.4, -0.2) is 20.9 Å². The van der Waals surface area contributed by atoms with E-state index in [9.17, 15) is 9.90 Å². The molecule has 0 aliphatic heterocycles. The number of hydrogen-bond donors (Lipinski definition) is 1. The standard InChI is InChI=1S/C27H23N2OS.C15H28O2.Ir/c1-17-8-7-11-23-21(12-13-30-17)24-25(28-16-29-26(24)31-23)19-14-18-9-5-6-10-20(18)22(15-19)27(2,3)4;1-7-14(5,8-2)12(16)11-13(17)15(6,9-3)10-4;/h5-13,15-16H,1-4H3;11,16H,7-10H2,1-6H3;/q-1;;/b;12-11-;. The first-order valence-corrected chi connectivity index (χ1v) is 17.9. The average molecular weight is 856 g/mol. The van der Waals surface area contributed by atoms with E-state index in [0.29, 0.717) is 0 Å². The first-order valence-electron chi connectivity index (χ1n) is 17.1. The van der Waals surface area contributed by atoms with Gasteiger partial charge in [0.2, 0.25) is 0 Å². The van der Waals surface area contributed by atoms with Crippen molar-refractivity contribution in [1.82, 2.24) is 9.97 Å². The molecule has 5 aromatic rings. The number of aryl methyl sites for hydroxylation is 1. The van der Waals surface area contributed by atoms with Crippen LogP contribution in [0.3, 0.4) is 0 Å². The van der Waals surface area contributed by atoms with Crippen LogP contribution < -0.4 is 0 Å². The number of carbonyl (C=O) groups is 1. The van der Waals surface area contributed by atoms with Crippen LogP contribution in [0.5, 0.6) is 0 Å². The second kappa shape index (κ2) is 16.6. The third kappa shape index (κ3) is 8.86. The maximum Gasteiger partial charge on any atom is 0.164 e. The minimum absolute atomic E-state index is 0. The first kappa shape index (κ1) is 40.1. The Labute approximate surface area is 309 Å². The zero-order chi connectivity index (χ0) is 35.3. The van der Waals surface area contributed by atoms with Crippen LogP contribution in [0.25, 0.3) is 42.3 Å². The molecule has 0 unspecified atom stereocenters. The number of aromatic nitrogens is 2. The molecule has 0 fully saturated rings. The predicted octanol–water partition coefficient (Wildman–Crippen LogP) is 12.4. The average Bonchev–Trinajstić information content (AvgIpc) is 3.46. The second-order valence-electron chi connectivity index (χ2n) is 14.2. The van der Waals surface area contributed by atoms with E-state index in [-0.39, 0.29) is 47.9 Å². The fourth-order valence-corrected chi connectivity index (χ4v) is 6.69. The van der Waals surface area contributed by atoms with Crippen molar-refractivity contribution in [3.63, 3.8) is 0 Å². The van der Waals surface area contributed by atoms with E-state index in [2.05, 4.69) is 68.2 Å². The van der Waals surface area contributed by atoms with Gasteiger partial charge >= 0.3 is 0 Å². The van der Waals surface area contributed by atoms with E-state index >= 15 is 0 Å². The van der Waals surface area contributed by atoms with Gasteiger partial charge in [-0.1, -0.05) is 97.5 Å². The molecule has 1 N–H and O–H groups in total. The fourth-order valence-electron chi connectivity index (χ4n) is 5.65. The summed E-state index contributed by atoms with van der Waals surface area (Å²) >= 11 is 1.67. The van der Waals surface area contributed by atoms with E-state index in [0.717, 1.165) is 68.4 Å². The summed E-state index contributed by atoms with van der Waals surface area (Å²) in [5.74, 6) is 1.13. The zero-order valence-electron chi connectivity index (χ0n) is 30.7. The summed E-state index contributed by atoms with van der Waals surface area (Å²) in [6.45, 7) is 20.8. The minimum Gasteiger partial charge on any atom is -0.512 e. The van der Waals surface area contributed by atoms with Crippen LogP contribution in [0.15, 0.2) is 83.4 Å². The van der Waals surface area contributed by atoms with Gasteiger partial charge in [-0.05, 0) is 61.6 Å². The molecule has 1 radical (unpaired) electrons. The summed E-state index contributed by atoms with van der Waals surface area (Å²) < 4.78 is 6.83. The molecular weight excluding hydrogens is 805 g/mol. The smallest absolute Gasteiger partial charge is 0.164 e. The van der Waals surface area contributed by atoms with E-state index in [1.54, 1.807) is 23.9 Å². The summed E-state index contributed by atoms with van der Waals surface area (Å²) in [5, 5.41) is 14.6. The van der Waals surface area contributed by atoms with Crippen molar-refractivity contribution in [1.29, 1.82) is 0 Å². The maximum absolute atomic E-state index is 12.2. The Balaban J connectivity index is 0.000000312. The SMILES string of the molecule is CCC(C)(CC)C(=O)/C=C(\O)C(C)(CC)CC.Cc1cccc2sc3ncnc(-c4[c-]c5ccccc5c(C(C)(C)C)c4)c3c2cco1.[Ir]. The van der Waals surface area contributed by atoms with E-state index < -0.39 is 0 Å². The molecular formula is C42H51IrN2O3S-. The molecule has 2 aromatic carbocycles. The molecule has 49 heavy (non-hydrogen) atoms. The number of hydrogen-bond acceptors (Lipinski definition) is 6. The van der Waals surface area contributed by atoms with Gasteiger partial charge in [-0.15, -0.1) is 40.5 Å². The zero-order valence-corrected chi connectivity index (χ0v) is 33.9.